The standard InChI is InChI=1S/C18H17Si.Zr/c1-19(2)13-14-11-16-9-6-10-17(18(16)12-14)15-7-4-3-5-8-15;/h3-13H,1-2H3;/q-1;. The molecule has 0 saturated heterocycles. The van der Waals surface area contributed by atoms with Gasteiger partial charge < -0.3 is 0 Å². The largest absolute Gasteiger partial charge is 0.145 e. The van der Waals surface area contributed by atoms with Crippen LogP contribution < -0.4 is 0 Å². The van der Waals surface area contributed by atoms with Gasteiger partial charge in [-0.15, -0.1) is 40.2 Å². The molecule has 3 aromatic rings. The maximum Gasteiger partial charge on any atom is 0 e. The van der Waals surface area contributed by atoms with E-state index in [-0.39, 0.29) is 34.6 Å². The Kier molecular flexibility index (Phi) is 5.12. The summed E-state index contributed by atoms with van der Waals surface area (Å²) >= 11 is 0. The van der Waals surface area contributed by atoms with Gasteiger partial charge in [0.15, 0.2) is 0 Å². The molecule has 0 unspecified atom stereocenters. The molecule has 3 rings (SSSR count). The van der Waals surface area contributed by atoms with Gasteiger partial charge >= 0.3 is 0 Å². The van der Waals surface area contributed by atoms with Gasteiger partial charge in [0.25, 0.3) is 0 Å². The second kappa shape index (κ2) is 6.65. The molecule has 0 N–H and O–H groups in total. The Bertz CT molecular complexity index is 734. The zero-order valence-electron chi connectivity index (χ0n) is 11.9. The van der Waals surface area contributed by atoms with Crippen LogP contribution in [0.15, 0.2) is 60.7 Å². The van der Waals surface area contributed by atoms with Gasteiger partial charge in [-0.1, -0.05) is 61.1 Å². The van der Waals surface area contributed by atoms with E-state index in [4.69, 9.17) is 0 Å². The predicted molar refractivity (Wildman–Crippen MR) is 87.6 cm³/mol. The predicted octanol–water partition coefficient (Wildman–Crippen LogP) is 4.71. The molecule has 0 spiro atoms. The van der Waals surface area contributed by atoms with Crippen LogP contribution >= 0.6 is 0 Å². The summed E-state index contributed by atoms with van der Waals surface area (Å²) in [7, 11) is -0.336. The quantitative estimate of drug-likeness (QED) is 0.463. The molecular weight excluding hydrogens is 336 g/mol. The van der Waals surface area contributed by atoms with Gasteiger partial charge in [0.05, 0.1) is 0 Å². The topological polar surface area (TPSA) is 0 Å². The second-order valence-corrected chi connectivity index (χ2v) is 7.63. The minimum atomic E-state index is -0.336. The fourth-order valence-electron chi connectivity index (χ4n) is 2.54. The molecule has 0 nitrogen and oxygen atoms in total. The van der Waals surface area contributed by atoms with E-state index in [0.717, 1.165) is 0 Å². The van der Waals surface area contributed by atoms with Crippen LogP contribution in [0.3, 0.4) is 0 Å². The van der Waals surface area contributed by atoms with Gasteiger partial charge in [0.2, 0.25) is 0 Å². The molecule has 0 fully saturated rings. The first-order chi connectivity index (χ1) is 9.24. The SMILES string of the molecule is C[Si](C)=Cc1cc2c(-c3ccccc3)cccc2[cH-]1.[Zr]. The molecule has 20 heavy (non-hydrogen) atoms. The number of rotatable bonds is 2. The summed E-state index contributed by atoms with van der Waals surface area (Å²) < 4.78 is 0. The molecule has 0 heterocycles. The van der Waals surface area contributed by atoms with Gasteiger partial charge in [-0.05, 0) is 14.0 Å². The number of benzene rings is 2. The van der Waals surface area contributed by atoms with Gasteiger partial charge in [-0.3, -0.25) is 0 Å². The molecule has 0 aliphatic carbocycles. The average Bonchev–Trinajstić information content (AvgIpc) is 2.80. The maximum atomic E-state index is 2.42. The molecule has 2 heteroatoms. The average molecular weight is 353 g/mol. The molecule has 0 aromatic heterocycles. The van der Waals surface area contributed by atoms with Crippen molar-refractivity contribution >= 4 is 24.9 Å². The summed E-state index contributed by atoms with van der Waals surface area (Å²) in [4.78, 5) is 0. The summed E-state index contributed by atoms with van der Waals surface area (Å²) in [5.74, 6) is 0. The van der Waals surface area contributed by atoms with Crippen molar-refractivity contribution in [3.63, 3.8) is 0 Å². The Morgan fingerprint density at radius 1 is 0.950 bits per heavy atom. The van der Waals surface area contributed by atoms with Crippen LogP contribution in [-0.4, -0.2) is 14.1 Å². The minimum absolute atomic E-state index is 0. The first kappa shape index (κ1) is 15.4. The van der Waals surface area contributed by atoms with Crippen molar-refractivity contribution in [1.29, 1.82) is 0 Å². The van der Waals surface area contributed by atoms with Gasteiger partial charge in [0.1, 0.15) is 0 Å². The fraction of sp³-hybridized carbons (Fsp3) is 0.111. The third-order valence-electron chi connectivity index (χ3n) is 3.31. The van der Waals surface area contributed by atoms with Gasteiger partial charge in [-0.2, -0.15) is 0 Å². The first-order valence-electron chi connectivity index (χ1n) is 6.64. The third-order valence-corrected chi connectivity index (χ3v) is 4.22. The second-order valence-electron chi connectivity index (χ2n) is 5.18. The normalized spacial score (nSPS) is 10.1. The molecular formula is C18H17SiZr-. The smallest absolute Gasteiger partial charge is 0 e. The maximum absolute atomic E-state index is 2.42. The van der Waals surface area contributed by atoms with Crippen molar-refractivity contribution in [2.24, 2.45) is 0 Å². The Labute approximate surface area is 141 Å². The van der Waals surface area contributed by atoms with Crippen LogP contribution in [0.2, 0.25) is 13.1 Å². The van der Waals surface area contributed by atoms with E-state index in [2.05, 4.69) is 79.4 Å². The molecule has 0 bridgehead atoms. The summed E-state index contributed by atoms with van der Waals surface area (Å²) in [5, 5.41) is 2.71. The summed E-state index contributed by atoms with van der Waals surface area (Å²) in [5.41, 5.74) is 6.42. The minimum Gasteiger partial charge on any atom is -0.145 e. The Hall–Kier alpha value is -0.980. The Morgan fingerprint density at radius 3 is 2.40 bits per heavy atom. The van der Waals surface area contributed by atoms with E-state index in [1.165, 1.54) is 27.5 Å². The van der Waals surface area contributed by atoms with Crippen LogP contribution in [-0.2, 0) is 26.2 Å². The van der Waals surface area contributed by atoms with E-state index in [1.54, 1.807) is 0 Å². The first-order valence-corrected chi connectivity index (χ1v) is 9.21. The zero-order chi connectivity index (χ0) is 13.2. The van der Waals surface area contributed by atoms with Crippen LogP contribution in [0.1, 0.15) is 5.56 Å². The Morgan fingerprint density at radius 2 is 1.70 bits per heavy atom. The van der Waals surface area contributed by atoms with Crippen molar-refractivity contribution in [2.45, 2.75) is 13.1 Å². The van der Waals surface area contributed by atoms with Crippen molar-refractivity contribution in [3.05, 3.63) is 66.2 Å². The summed E-state index contributed by atoms with van der Waals surface area (Å²) in [6, 6.07) is 21.8. The number of hydrogen-bond acceptors (Lipinski definition) is 0. The zero-order valence-corrected chi connectivity index (χ0v) is 15.3. The van der Waals surface area contributed by atoms with Crippen molar-refractivity contribution < 1.29 is 26.2 Å². The van der Waals surface area contributed by atoms with Crippen molar-refractivity contribution in [3.8, 4) is 11.1 Å². The van der Waals surface area contributed by atoms with Crippen molar-refractivity contribution in [1.82, 2.24) is 0 Å². The van der Waals surface area contributed by atoms with Gasteiger partial charge in [-0.25, -0.2) is 0 Å². The summed E-state index contributed by atoms with van der Waals surface area (Å²) in [6.07, 6.45) is 0. The number of fused-ring (bicyclic) bond motifs is 1. The molecule has 0 saturated carbocycles. The van der Waals surface area contributed by atoms with E-state index in [0.29, 0.717) is 0 Å². The number of hydrogen-bond donors (Lipinski definition) is 0. The third kappa shape index (κ3) is 3.19. The molecule has 0 aliphatic rings. The van der Waals surface area contributed by atoms with E-state index >= 15 is 0 Å². The Balaban J connectivity index is 0.00000147. The van der Waals surface area contributed by atoms with E-state index in [9.17, 15) is 0 Å². The van der Waals surface area contributed by atoms with E-state index < -0.39 is 0 Å². The molecule has 0 aliphatic heterocycles. The van der Waals surface area contributed by atoms with Crippen LogP contribution in [0.25, 0.3) is 21.9 Å². The van der Waals surface area contributed by atoms with Crippen LogP contribution in [0.5, 0.6) is 0 Å². The molecule has 98 valence electrons. The molecule has 3 aromatic carbocycles. The molecule has 0 amide bonds. The van der Waals surface area contributed by atoms with Crippen LogP contribution in [0, 0.1) is 0 Å². The monoisotopic (exact) mass is 351 g/mol. The van der Waals surface area contributed by atoms with Gasteiger partial charge in [0, 0.05) is 26.2 Å². The van der Waals surface area contributed by atoms with E-state index in [1.807, 2.05) is 0 Å². The molecule has 0 radical (unpaired) electrons. The molecule has 0 atom stereocenters. The van der Waals surface area contributed by atoms with Crippen LogP contribution in [0.4, 0.5) is 0 Å². The summed E-state index contributed by atoms with van der Waals surface area (Å²) in [6.45, 7) is 4.64. The fourth-order valence-corrected chi connectivity index (χ4v) is 3.38. The van der Waals surface area contributed by atoms with Crippen molar-refractivity contribution in [2.75, 3.05) is 0 Å².